The summed E-state index contributed by atoms with van der Waals surface area (Å²) >= 11 is 2.44. The molecule has 1 aromatic carbocycles. The lowest BCUT2D eigenvalue weighted by molar-refractivity contribution is 0.212. The predicted molar refractivity (Wildman–Crippen MR) is 102 cm³/mol. The molecule has 128 valence electrons. The minimum atomic E-state index is -0.988. The number of para-hydroxylation sites is 1. The Balaban J connectivity index is 2.10. The van der Waals surface area contributed by atoms with Crippen molar-refractivity contribution in [3.8, 4) is 21.7 Å². The van der Waals surface area contributed by atoms with E-state index in [1.807, 2.05) is 24.3 Å². The largest absolute Gasteiger partial charge is 0.410 e. The van der Waals surface area contributed by atoms with Crippen LogP contribution in [0, 0.1) is 11.3 Å². The monoisotopic (exact) mass is 382 g/mol. The van der Waals surface area contributed by atoms with E-state index in [1.165, 1.54) is 11.3 Å². The van der Waals surface area contributed by atoms with E-state index in [0.29, 0.717) is 20.8 Å². The second kappa shape index (κ2) is 5.83. The van der Waals surface area contributed by atoms with Crippen LogP contribution in [-0.2, 0) is 0 Å². The van der Waals surface area contributed by atoms with Crippen LogP contribution in [0.1, 0.15) is 5.56 Å². The molecule has 1 amide bonds. The van der Waals surface area contributed by atoms with Crippen LogP contribution in [0.5, 0.6) is 5.06 Å². The Kier molecular flexibility index (Phi) is 3.61. The minimum absolute atomic E-state index is 0.0566. The number of hydrogen-bond donors (Lipinski definition) is 3. The van der Waals surface area contributed by atoms with Gasteiger partial charge in [0.1, 0.15) is 27.3 Å². The first kappa shape index (κ1) is 16.1. The van der Waals surface area contributed by atoms with Crippen LogP contribution < -0.4 is 21.9 Å². The molecule has 0 aliphatic heterocycles. The molecule has 0 spiro atoms. The van der Waals surface area contributed by atoms with Crippen molar-refractivity contribution < 1.29 is 9.53 Å². The highest BCUT2D eigenvalue weighted by Crippen LogP contribution is 2.47. The molecule has 0 saturated carbocycles. The van der Waals surface area contributed by atoms with Crippen molar-refractivity contribution in [1.82, 2.24) is 9.97 Å². The molecule has 0 radical (unpaired) electrons. The number of thiophene rings is 1. The normalized spacial score (nSPS) is 10.9. The molecule has 10 heteroatoms. The van der Waals surface area contributed by atoms with E-state index in [9.17, 15) is 10.1 Å². The third-order valence-electron chi connectivity index (χ3n) is 3.68. The Hall–Kier alpha value is -3.42. The molecule has 0 unspecified atom stereocenters. The van der Waals surface area contributed by atoms with Crippen LogP contribution >= 0.6 is 22.7 Å². The fraction of sp³-hybridized carbons (Fsp3) is 0. The molecule has 0 fully saturated rings. The molecule has 0 bridgehead atoms. The number of ether oxygens (including phenoxy) is 1. The van der Waals surface area contributed by atoms with E-state index in [2.05, 4.69) is 16.0 Å². The quantitative estimate of drug-likeness (QED) is 0.481. The van der Waals surface area contributed by atoms with Gasteiger partial charge in [-0.15, -0.1) is 11.3 Å². The molecular weight excluding hydrogens is 372 g/mol. The first-order valence-electron chi connectivity index (χ1n) is 7.24. The van der Waals surface area contributed by atoms with Gasteiger partial charge in [-0.3, -0.25) is 0 Å². The topological polar surface area (TPSA) is 154 Å². The third-order valence-corrected chi connectivity index (χ3v) is 5.71. The Morgan fingerprint density at radius 3 is 2.65 bits per heavy atom. The zero-order chi connectivity index (χ0) is 18.4. The summed E-state index contributed by atoms with van der Waals surface area (Å²) in [7, 11) is 0. The van der Waals surface area contributed by atoms with Crippen LogP contribution in [0.25, 0.3) is 31.0 Å². The molecule has 0 aliphatic carbocycles. The molecular formula is C16H10N6O2S2. The van der Waals surface area contributed by atoms with Gasteiger partial charge in [0.2, 0.25) is 5.06 Å². The summed E-state index contributed by atoms with van der Waals surface area (Å²) in [6.45, 7) is 0. The van der Waals surface area contributed by atoms with Gasteiger partial charge in [0.05, 0.1) is 21.3 Å². The van der Waals surface area contributed by atoms with Crippen LogP contribution in [0.15, 0.2) is 24.3 Å². The highest BCUT2D eigenvalue weighted by molar-refractivity contribution is 7.22. The number of amides is 1. The van der Waals surface area contributed by atoms with E-state index in [0.717, 1.165) is 21.6 Å². The predicted octanol–water partition coefficient (Wildman–Crippen LogP) is 3.07. The fourth-order valence-electron chi connectivity index (χ4n) is 2.62. The smallest absolute Gasteiger partial charge is 0.397 e. The Bertz CT molecular complexity index is 1200. The Labute approximate surface area is 154 Å². The van der Waals surface area contributed by atoms with Gasteiger partial charge < -0.3 is 21.9 Å². The number of hydrogen-bond acceptors (Lipinski definition) is 9. The Morgan fingerprint density at radius 2 is 1.96 bits per heavy atom. The van der Waals surface area contributed by atoms with Crippen molar-refractivity contribution in [3.05, 3.63) is 29.8 Å². The highest BCUT2D eigenvalue weighted by atomic mass is 32.1. The number of nitriles is 1. The number of carbonyl (C=O) groups is 1. The maximum absolute atomic E-state index is 11.1. The number of carbonyl (C=O) groups excluding carboxylic acids is 1. The van der Waals surface area contributed by atoms with Crippen molar-refractivity contribution in [2.45, 2.75) is 0 Å². The van der Waals surface area contributed by atoms with Gasteiger partial charge in [-0.25, -0.2) is 14.8 Å². The number of thiazole rings is 1. The summed E-state index contributed by atoms with van der Waals surface area (Å²) in [5.74, 6) is 0.0566. The maximum atomic E-state index is 11.1. The number of nitrogens with two attached hydrogens (primary N) is 3. The van der Waals surface area contributed by atoms with Crippen molar-refractivity contribution >= 4 is 60.7 Å². The van der Waals surface area contributed by atoms with E-state index >= 15 is 0 Å². The van der Waals surface area contributed by atoms with E-state index < -0.39 is 6.09 Å². The summed E-state index contributed by atoms with van der Waals surface area (Å²) in [6, 6.07) is 9.67. The van der Waals surface area contributed by atoms with Gasteiger partial charge in [0.25, 0.3) is 0 Å². The molecule has 0 saturated heterocycles. The zero-order valence-corrected chi connectivity index (χ0v) is 14.6. The first-order chi connectivity index (χ1) is 12.5. The fourth-order valence-corrected chi connectivity index (χ4v) is 4.62. The first-order valence-corrected chi connectivity index (χ1v) is 8.87. The Morgan fingerprint density at radius 1 is 1.19 bits per heavy atom. The molecule has 4 rings (SSSR count). The number of pyridine rings is 1. The van der Waals surface area contributed by atoms with Gasteiger partial charge in [-0.05, 0) is 12.1 Å². The molecule has 4 aromatic rings. The molecule has 0 atom stereocenters. The summed E-state index contributed by atoms with van der Waals surface area (Å²) in [6.07, 6.45) is -0.988. The van der Waals surface area contributed by atoms with Crippen molar-refractivity contribution in [2.24, 2.45) is 5.73 Å². The van der Waals surface area contributed by atoms with Crippen LogP contribution in [0.3, 0.4) is 0 Å². The number of primary amides is 1. The number of nitrogen functional groups attached to an aromatic ring is 2. The minimum Gasteiger partial charge on any atom is -0.397 e. The number of benzene rings is 1. The van der Waals surface area contributed by atoms with Crippen molar-refractivity contribution in [1.29, 1.82) is 5.26 Å². The average Bonchev–Trinajstić information content (AvgIpc) is 3.15. The summed E-state index contributed by atoms with van der Waals surface area (Å²) in [4.78, 5) is 20.3. The number of fused-ring (bicyclic) bond motifs is 2. The lowest BCUT2D eigenvalue weighted by Crippen LogP contribution is -2.16. The second-order valence-electron chi connectivity index (χ2n) is 5.25. The molecule has 3 heterocycles. The maximum Gasteiger partial charge on any atom is 0.410 e. The molecule has 0 aliphatic rings. The van der Waals surface area contributed by atoms with Gasteiger partial charge in [0.15, 0.2) is 0 Å². The third kappa shape index (κ3) is 2.38. The summed E-state index contributed by atoms with van der Waals surface area (Å²) < 4.78 is 5.90. The van der Waals surface area contributed by atoms with Gasteiger partial charge >= 0.3 is 6.09 Å². The molecule has 26 heavy (non-hydrogen) atoms. The second-order valence-corrected chi connectivity index (χ2v) is 7.24. The van der Waals surface area contributed by atoms with Crippen LogP contribution in [0.2, 0.25) is 0 Å². The van der Waals surface area contributed by atoms with Crippen molar-refractivity contribution in [3.63, 3.8) is 0 Å². The SMILES string of the molecule is N#Cc1c(N)nc2sc(OC(N)=O)c(N)c2c1-c1nc2ccccc2s1. The van der Waals surface area contributed by atoms with Gasteiger partial charge in [-0.2, -0.15) is 5.26 Å². The van der Waals surface area contributed by atoms with Gasteiger partial charge in [0, 0.05) is 5.56 Å². The van der Waals surface area contributed by atoms with Gasteiger partial charge in [-0.1, -0.05) is 23.5 Å². The van der Waals surface area contributed by atoms with Crippen molar-refractivity contribution in [2.75, 3.05) is 11.5 Å². The molecule has 8 nitrogen and oxygen atoms in total. The van der Waals surface area contributed by atoms with E-state index in [4.69, 9.17) is 21.9 Å². The van der Waals surface area contributed by atoms with E-state index in [-0.39, 0.29) is 22.1 Å². The number of anilines is 2. The zero-order valence-electron chi connectivity index (χ0n) is 13.0. The standard InChI is InChI=1S/C16H10N6O2S2/c17-5-6-9(13-21-7-3-1-2-4-8(7)25-13)10-11(18)15(24-16(20)23)26-14(10)22-12(6)19/h1-4H,18H2,(H2,19,22)(H2,20,23). The summed E-state index contributed by atoms with van der Waals surface area (Å²) in [5.41, 5.74) is 18.8. The van der Waals surface area contributed by atoms with Crippen LogP contribution in [0.4, 0.5) is 16.3 Å². The summed E-state index contributed by atoms with van der Waals surface area (Å²) in [5, 5.41) is 10.8. The average molecular weight is 382 g/mol. The molecule has 6 N–H and O–H groups in total. The van der Waals surface area contributed by atoms with E-state index in [1.54, 1.807) is 0 Å². The number of aromatic nitrogens is 2. The number of nitrogens with zero attached hydrogens (tertiary/aromatic N) is 3. The lowest BCUT2D eigenvalue weighted by Gasteiger charge is -2.06. The highest BCUT2D eigenvalue weighted by Gasteiger charge is 2.24. The van der Waals surface area contributed by atoms with Crippen LogP contribution in [-0.4, -0.2) is 16.1 Å². The number of rotatable bonds is 2. The molecule has 3 aromatic heterocycles. The lowest BCUT2D eigenvalue weighted by atomic mass is 10.1.